The maximum atomic E-state index is 13.5. The molecular weight excluding hydrogens is 348 g/mol. The third kappa shape index (κ3) is 3.11. The summed E-state index contributed by atoms with van der Waals surface area (Å²) in [6, 6.07) is 3.04. The summed E-state index contributed by atoms with van der Waals surface area (Å²) in [4.78, 5) is -1.56. The number of rotatable bonds is 4. The molecule has 2 aromatic rings. The van der Waals surface area contributed by atoms with E-state index < -0.39 is 50.8 Å². The van der Waals surface area contributed by atoms with Gasteiger partial charge in [-0.15, -0.1) is 0 Å². The van der Waals surface area contributed by atoms with E-state index >= 15 is 0 Å². The molecule has 0 aliphatic carbocycles. The molecule has 10 heteroatoms. The summed E-state index contributed by atoms with van der Waals surface area (Å²) >= 11 is 0. The molecule has 1 atom stereocenters. The SMILES string of the molecule is COc1ccc(NS(=O)c2c(F)c(F)c(F)c(F)c2F)cc1F. The lowest BCUT2D eigenvalue weighted by Crippen LogP contribution is -2.14. The van der Waals surface area contributed by atoms with E-state index in [2.05, 4.69) is 4.74 Å². The maximum Gasteiger partial charge on any atom is 0.200 e. The van der Waals surface area contributed by atoms with Crippen molar-refractivity contribution in [2.75, 3.05) is 11.8 Å². The van der Waals surface area contributed by atoms with Crippen LogP contribution in [0.15, 0.2) is 23.1 Å². The highest BCUT2D eigenvalue weighted by Gasteiger charge is 2.29. The lowest BCUT2D eigenvalue weighted by molar-refractivity contribution is 0.359. The molecule has 0 fully saturated rings. The summed E-state index contributed by atoms with van der Waals surface area (Å²) in [5, 5.41) is 0. The van der Waals surface area contributed by atoms with Crippen LogP contribution in [0.2, 0.25) is 0 Å². The highest BCUT2D eigenvalue weighted by Crippen LogP contribution is 2.27. The van der Waals surface area contributed by atoms with Crippen LogP contribution in [-0.2, 0) is 11.0 Å². The highest BCUT2D eigenvalue weighted by atomic mass is 32.2. The van der Waals surface area contributed by atoms with Crippen molar-refractivity contribution in [1.82, 2.24) is 0 Å². The van der Waals surface area contributed by atoms with Gasteiger partial charge in [0.25, 0.3) is 0 Å². The minimum Gasteiger partial charge on any atom is -0.494 e. The molecule has 124 valence electrons. The average molecular weight is 355 g/mol. The Bertz CT molecular complexity index is 770. The zero-order valence-corrected chi connectivity index (χ0v) is 12.0. The van der Waals surface area contributed by atoms with E-state index in [4.69, 9.17) is 0 Å². The van der Waals surface area contributed by atoms with Gasteiger partial charge < -0.3 is 9.46 Å². The Morgan fingerprint density at radius 3 is 1.91 bits per heavy atom. The standard InChI is InChI=1S/C13H7F6NO2S/c1-22-7-3-2-5(4-6(7)14)20-23(21)13-11(18)9(16)8(15)10(17)12(13)19/h2-4,20H,1H3. The molecule has 0 spiro atoms. The monoisotopic (exact) mass is 355 g/mol. The van der Waals surface area contributed by atoms with Crippen LogP contribution in [0.1, 0.15) is 0 Å². The number of benzene rings is 2. The van der Waals surface area contributed by atoms with Crippen LogP contribution in [0.5, 0.6) is 5.75 Å². The highest BCUT2D eigenvalue weighted by molar-refractivity contribution is 7.86. The van der Waals surface area contributed by atoms with Crippen molar-refractivity contribution in [2.45, 2.75) is 4.90 Å². The van der Waals surface area contributed by atoms with Gasteiger partial charge in [0.2, 0.25) is 5.82 Å². The first kappa shape index (κ1) is 17.1. The minimum absolute atomic E-state index is 0.155. The Labute approximate surface area is 128 Å². The van der Waals surface area contributed by atoms with Crippen molar-refractivity contribution < 1.29 is 35.3 Å². The molecule has 0 heterocycles. The second-order valence-electron chi connectivity index (χ2n) is 4.12. The van der Waals surface area contributed by atoms with Gasteiger partial charge in [-0.25, -0.2) is 30.6 Å². The molecule has 0 saturated carbocycles. The van der Waals surface area contributed by atoms with Gasteiger partial charge in [0.05, 0.1) is 7.11 Å². The van der Waals surface area contributed by atoms with Crippen LogP contribution in [0, 0.1) is 34.9 Å². The minimum atomic E-state index is -2.86. The molecule has 2 aromatic carbocycles. The van der Waals surface area contributed by atoms with Crippen molar-refractivity contribution >= 4 is 16.7 Å². The fourth-order valence-corrected chi connectivity index (χ4v) is 2.58. The number of hydrogen-bond donors (Lipinski definition) is 1. The number of ether oxygens (including phenoxy) is 1. The Hall–Kier alpha value is -2.23. The van der Waals surface area contributed by atoms with Gasteiger partial charge in [-0.2, -0.15) is 0 Å². The van der Waals surface area contributed by atoms with Gasteiger partial charge in [-0.1, -0.05) is 0 Å². The molecule has 0 amide bonds. The van der Waals surface area contributed by atoms with Crippen LogP contribution >= 0.6 is 0 Å². The summed E-state index contributed by atoms with van der Waals surface area (Å²) in [7, 11) is -1.66. The number of anilines is 1. The topological polar surface area (TPSA) is 38.3 Å². The van der Waals surface area contributed by atoms with E-state index in [9.17, 15) is 30.6 Å². The van der Waals surface area contributed by atoms with Crippen molar-refractivity contribution in [2.24, 2.45) is 0 Å². The first-order valence-corrected chi connectivity index (χ1v) is 6.96. The van der Waals surface area contributed by atoms with E-state index in [0.717, 1.165) is 18.2 Å². The molecule has 0 aliphatic heterocycles. The van der Waals surface area contributed by atoms with Gasteiger partial charge in [0.15, 0.2) is 45.8 Å². The van der Waals surface area contributed by atoms with Gasteiger partial charge in [-0.3, -0.25) is 0 Å². The molecule has 0 aliphatic rings. The Balaban J connectivity index is 2.41. The van der Waals surface area contributed by atoms with E-state index in [0.29, 0.717) is 0 Å². The first-order chi connectivity index (χ1) is 10.8. The average Bonchev–Trinajstić information content (AvgIpc) is 2.51. The van der Waals surface area contributed by atoms with Crippen LogP contribution in [0.3, 0.4) is 0 Å². The number of methoxy groups -OCH3 is 1. The summed E-state index contributed by atoms with van der Waals surface area (Å²) in [5.74, 6) is -12.3. The summed E-state index contributed by atoms with van der Waals surface area (Å²) in [6.07, 6.45) is 0. The maximum absolute atomic E-state index is 13.5. The Kier molecular flexibility index (Phi) is 4.83. The largest absolute Gasteiger partial charge is 0.494 e. The summed E-state index contributed by atoms with van der Waals surface area (Å²) in [5.41, 5.74) is -0.217. The van der Waals surface area contributed by atoms with Gasteiger partial charge in [0.1, 0.15) is 4.90 Å². The third-order valence-corrected chi connectivity index (χ3v) is 3.87. The van der Waals surface area contributed by atoms with E-state index in [1.807, 2.05) is 4.72 Å². The van der Waals surface area contributed by atoms with E-state index in [-0.39, 0.29) is 11.4 Å². The molecule has 1 unspecified atom stereocenters. The van der Waals surface area contributed by atoms with E-state index in [1.54, 1.807) is 0 Å². The van der Waals surface area contributed by atoms with Crippen molar-refractivity contribution in [1.29, 1.82) is 0 Å². The quantitative estimate of drug-likeness (QED) is 0.516. The van der Waals surface area contributed by atoms with Crippen molar-refractivity contribution in [3.63, 3.8) is 0 Å². The third-order valence-electron chi connectivity index (χ3n) is 2.72. The Morgan fingerprint density at radius 2 is 1.43 bits per heavy atom. The molecule has 2 rings (SSSR count). The fourth-order valence-electron chi connectivity index (χ4n) is 1.64. The smallest absolute Gasteiger partial charge is 0.200 e. The van der Waals surface area contributed by atoms with Crippen LogP contribution < -0.4 is 9.46 Å². The Morgan fingerprint density at radius 1 is 0.913 bits per heavy atom. The zero-order valence-electron chi connectivity index (χ0n) is 11.2. The molecule has 0 bridgehead atoms. The first-order valence-electron chi connectivity index (χ1n) is 5.81. The number of nitrogens with one attached hydrogen (secondary N) is 1. The second kappa shape index (κ2) is 6.49. The molecule has 0 radical (unpaired) electrons. The van der Waals surface area contributed by atoms with Crippen molar-refractivity contribution in [3.8, 4) is 5.75 Å². The fraction of sp³-hybridized carbons (Fsp3) is 0.0769. The van der Waals surface area contributed by atoms with Crippen LogP contribution in [0.4, 0.5) is 32.0 Å². The summed E-state index contributed by atoms with van der Waals surface area (Å²) in [6.45, 7) is 0. The molecule has 0 saturated heterocycles. The van der Waals surface area contributed by atoms with Crippen LogP contribution in [-0.4, -0.2) is 11.3 Å². The summed E-state index contributed by atoms with van der Waals surface area (Å²) < 4.78 is 97.9. The van der Waals surface area contributed by atoms with Gasteiger partial charge >= 0.3 is 0 Å². The predicted octanol–water partition coefficient (Wildman–Crippen LogP) is 3.66. The molecule has 1 N–H and O–H groups in total. The normalized spacial score (nSPS) is 12.1. The lowest BCUT2D eigenvalue weighted by Gasteiger charge is -2.10. The van der Waals surface area contributed by atoms with Gasteiger partial charge in [0, 0.05) is 11.8 Å². The number of hydrogen-bond acceptors (Lipinski definition) is 2. The zero-order chi connectivity index (χ0) is 17.3. The van der Waals surface area contributed by atoms with Crippen molar-refractivity contribution in [3.05, 3.63) is 53.1 Å². The lowest BCUT2D eigenvalue weighted by atomic mass is 10.3. The molecule has 0 aromatic heterocycles. The number of halogens is 6. The second-order valence-corrected chi connectivity index (χ2v) is 5.27. The predicted molar refractivity (Wildman–Crippen MR) is 69.2 cm³/mol. The molecular formula is C13H7F6NO2S. The molecule has 23 heavy (non-hydrogen) atoms. The molecule has 3 nitrogen and oxygen atoms in total. The van der Waals surface area contributed by atoms with Gasteiger partial charge in [-0.05, 0) is 12.1 Å². The van der Waals surface area contributed by atoms with E-state index in [1.165, 1.54) is 7.11 Å². The van der Waals surface area contributed by atoms with Crippen LogP contribution in [0.25, 0.3) is 0 Å².